The lowest BCUT2D eigenvalue weighted by molar-refractivity contribution is 0.342. The molecule has 11 heteroatoms. The van der Waals surface area contributed by atoms with Crippen LogP contribution in [0.4, 0.5) is 28.8 Å². The van der Waals surface area contributed by atoms with E-state index in [4.69, 9.17) is 16.3 Å². The second-order valence-electron chi connectivity index (χ2n) is 8.72. The number of nitrogens with one attached hydrogen (secondary N) is 3. The molecule has 3 N–H and O–H groups in total. The highest BCUT2D eigenvalue weighted by Crippen LogP contribution is 2.34. The van der Waals surface area contributed by atoms with E-state index in [9.17, 15) is 8.42 Å². The molecule has 1 aromatic heterocycles. The summed E-state index contributed by atoms with van der Waals surface area (Å²) in [6, 6.07) is 12.4. The lowest BCUT2D eigenvalue weighted by Gasteiger charge is -2.20. The molecule has 0 aliphatic carbocycles. The standard InChI is InChI=1S/C25H31ClN6O3S/c1-4-35-22-15-18(32-13-7-8-14-32)11-12-20(22)29-25-27-16-19(26)24(30-25)28-21-9-5-6-10-23(21)36(33,34)31-17(2)3/h5-6,9-12,15-17,31H,4,7-8,13-14H2,1-3H3,(H2,27,28,29,30). The van der Waals surface area contributed by atoms with Crippen LogP contribution in [0.5, 0.6) is 5.75 Å². The second kappa shape index (κ2) is 11.3. The highest BCUT2D eigenvalue weighted by Gasteiger charge is 2.21. The van der Waals surface area contributed by atoms with Crippen molar-refractivity contribution in [2.45, 2.75) is 44.6 Å². The number of benzene rings is 2. The summed E-state index contributed by atoms with van der Waals surface area (Å²) >= 11 is 6.36. The normalized spacial score (nSPS) is 13.8. The zero-order chi connectivity index (χ0) is 25.7. The van der Waals surface area contributed by atoms with E-state index in [0.29, 0.717) is 18.0 Å². The van der Waals surface area contributed by atoms with E-state index >= 15 is 0 Å². The van der Waals surface area contributed by atoms with Crippen molar-refractivity contribution in [2.24, 2.45) is 0 Å². The lowest BCUT2D eigenvalue weighted by Crippen LogP contribution is -2.30. The van der Waals surface area contributed by atoms with Crippen LogP contribution in [0, 0.1) is 0 Å². The van der Waals surface area contributed by atoms with Crippen LogP contribution in [0.15, 0.2) is 53.6 Å². The summed E-state index contributed by atoms with van der Waals surface area (Å²) in [5, 5.41) is 6.51. The van der Waals surface area contributed by atoms with Gasteiger partial charge in [0, 0.05) is 30.9 Å². The van der Waals surface area contributed by atoms with Gasteiger partial charge in [-0.2, -0.15) is 4.98 Å². The van der Waals surface area contributed by atoms with Crippen LogP contribution in [0.1, 0.15) is 33.6 Å². The molecule has 1 saturated heterocycles. The van der Waals surface area contributed by atoms with Gasteiger partial charge >= 0.3 is 0 Å². The predicted molar refractivity (Wildman–Crippen MR) is 145 cm³/mol. The SMILES string of the molecule is CCOc1cc(N2CCCC2)ccc1Nc1ncc(Cl)c(Nc2ccccc2S(=O)(=O)NC(C)C)n1. The van der Waals surface area contributed by atoms with Crippen molar-refractivity contribution in [1.82, 2.24) is 14.7 Å². The first-order valence-electron chi connectivity index (χ1n) is 12.0. The first kappa shape index (κ1) is 26.0. The molecule has 192 valence electrons. The molecule has 2 heterocycles. The average Bonchev–Trinajstić information content (AvgIpc) is 3.37. The number of anilines is 5. The number of sulfonamides is 1. The van der Waals surface area contributed by atoms with Crippen LogP contribution in [0.3, 0.4) is 0 Å². The summed E-state index contributed by atoms with van der Waals surface area (Å²) in [7, 11) is -3.74. The molecule has 0 amide bonds. The second-order valence-corrected chi connectivity index (χ2v) is 10.8. The molecule has 1 aliphatic heterocycles. The quantitative estimate of drug-likeness (QED) is 0.324. The van der Waals surface area contributed by atoms with E-state index in [1.54, 1.807) is 32.0 Å². The molecule has 0 spiro atoms. The zero-order valence-corrected chi connectivity index (χ0v) is 22.2. The summed E-state index contributed by atoms with van der Waals surface area (Å²) in [5.74, 6) is 1.26. The molecule has 0 radical (unpaired) electrons. The van der Waals surface area contributed by atoms with E-state index in [2.05, 4.69) is 30.2 Å². The first-order chi connectivity index (χ1) is 17.3. The minimum Gasteiger partial charge on any atom is -0.492 e. The van der Waals surface area contributed by atoms with Gasteiger partial charge in [-0.3, -0.25) is 0 Å². The Morgan fingerprint density at radius 2 is 1.83 bits per heavy atom. The van der Waals surface area contributed by atoms with E-state index in [0.717, 1.165) is 24.5 Å². The van der Waals surface area contributed by atoms with Crippen LogP contribution < -0.4 is 25.0 Å². The van der Waals surface area contributed by atoms with Crippen molar-refractivity contribution in [3.05, 3.63) is 53.7 Å². The maximum atomic E-state index is 12.8. The molecule has 1 fully saturated rings. The number of hydrogen-bond donors (Lipinski definition) is 3. The number of halogens is 1. The fourth-order valence-corrected chi connectivity index (χ4v) is 5.55. The minimum atomic E-state index is -3.74. The molecule has 1 aliphatic rings. The monoisotopic (exact) mass is 530 g/mol. The molecule has 9 nitrogen and oxygen atoms in total. The van der Waals surface area contributed by atoms with Gasteiger partial charge in [-0.1, -0.05) is 23.7 Å². The highest BCUT2D eigenvalue weighted by atomic mass is 35.5. The Labute approximate surface area is 217 Å². The van der Waals surface area contributed by atoms with Crippen LogP contribution >= 0.6 is 11.6 Å². The zero-order valence-electron chi connectivity index (χ0n) is 20.6. The van der Waals surface area contributed by atoms with Gasteiger partial charge in [-0.15, -0.1) is 0 Å². The van der Waals surface area contributed by atoms with Gasteiger partial charge in [0.2, 0.25) is 16.0 Å². The van der Waals surface area contributed by atoms with Crippen LogP contribution in [0.25, 0.3) is 0 Å². The minimum absolute atomic E-state index is 0.0963. The third-order valence-corrected chi connectivity index (χ3v) is 7.54. The van der Waals surface area contributed by atoms with Gasteiger partial charge < -0.3 is 20.3 Å². The Kier molecular flexibility index (Phi) is 8.17. The van der Waals surface area contributed by atoms with Crippen molar-refractivity contribution in [1.29, 1.82) is 0 Å². The molecule has 2 aromatic carbocycles. The molecule has 0 unspecified atom stereocenters. The van der Waals surface area contributed by atoms with Gasteiger partial charge in [-0.05, 0) is 57.9 Å². The van der Waals surface area contributed by atoms with Crippen molar-refractivity contribution < 1.29 is 13.2 Å². The summed E-state index contributed by atoms with van der Waals surface area (Å²) in [6.45, 7) is 8.06. The largest absolute Gasteiger partial charge is 0.492 e. The van der Waals surface area contributed by atoms with E-state index in [1.165, 1.54) is 25.1 Å². The molecule has 36 heavy (non-hydrogen) atoms. The highest BCUT2D eigenvalue weighted by molar-refractivity contribution is 7.89. The Morgan fingerprint density at radius 3 is 2.56 bits per heavy atom. The molecular weight excluding hydrogens is 500 g/mol. The van der Waals surface area contributed by atoms with Crippen LogP contribution in [0.2, 0.25) is 5.02 Å². The van der Waals surface area contributed by atoms with Crippen molar-refractivity contribution in [2.75, 3.05) is 35.2 Å². The summed E-state index contributed by atoms with van der Waals surface area (Å²) < 4.78 is 34.1. The third kappa shape index (κ3) is 6.18. The van der Waals surface area contributed by atoms with Gasteiger partial charge in [0.1, 0.15) is 15.7 Å². The maximum Gasteiger partial charge on any atom is 0.242 e. The first-order valence-corrected chi connectivity index (χ1v) is 13.8. The van der Waals surface area contributed by atoms with Crippen molar-refractivity contribution in [3.63, 3.8) is 0 Å². The molecule has 0 atom stereocenters. The van der Waals surface area contributed by atoms with Gasteiger partial charge in [0.25, 0.3) is 0 Å². The maximum absolute atomic E-state index is 12.8. The molecule has 0 bridgehead atoms. The van der Waals surface area contributed by atoms with E-state index in [1.807, 2.05) is 25.1 Å². The summed E-state index contributed by atoms with van der Waals surface area (Å²) in [4.78, 5) is 11.2. The van der Waals surface area contributed by atoms with Crippen LogP contribution in [-0.4, -0.2) is 44.1 Å². The number of nitrogens with zero attached hydrogens (tertiary/aromatic N) is 3. The van der Waals surface area contributed by atoms with E-state index in [-0.39, 0.29) is 27.7 Å². The Hall–Kier alpha value is -3.08. The summed E-state index contributed by atoms with van der Waals surface area (Å²) in [5.41, 5.74) is 2.19. The molecule has 0 saturated carbocycles. The Bertz CT molecular complexity index is 1310. The number of ether oxygens (including phenoxy) is 1. The third-order valence-electron chi connectivity index (χ3n) is 5.55. The van der Waals surface area contributed by atoms with Crippen LogP contribution in [-0.2, 0) is 10.0 Å². The average molecular weight is 531 g/mol. The fourth-order valence-electron chi connectivity index (χ4n) is 4.00. The number of aromatic nitrogens is 2. The molecule has 4 rings (SSSR count). The Balaban J connectivity index is 1.60. The van der Waals surface area contributed by atoms with Gasteiger partial charge in [0.15, 0.2) is 5.82 Å². The lowest BCUT2D eigenvalue weighted by atomic mass is 10.2. The topological polar surface area (TPSA) is 108 Å². The van der Waals surface area contributed by atoms with Crippen molar-refractivity contribution in [3.8, 4) is 5.75 Å². The Morgan fingerprint density at radius 1 is 1.08 bits per heavy atom. The van der Waals surface area contributed by atoms with Crippen molar-refractivity contribution >= 4 is 50.5 Å². The number of rotatable bonds is 10. The number of para-hydroxylation sites is 1. The summed E-state index contributed by atoms with van der Waals surface area (Å²) in [6.07, 6.45) is 3.84. The van der Waals surface area contributed by atoms with E-state index < -0.39 is 10.0 Å². The van der Waals surface area contributed by atoms with Gasteiger partial charge in [-0.25, -0.2) is 18.1 Å². The van der Waals surface area contributed by atoms with Gasteiger partial charge in [0.05, 0.1) is 24.2 Å². The molecular formula is C25H31ClN6O3S. The smallest absolute Gasteiger partial charge is 0.242 e. The molecule has 3 aromatic rings. The fraction of sp³-hybridized carbons (Fsp3) is 0.360. The predicted octanol–water partition coefficient (Wildman–Crippen LogP) is 5.30. The number of hydrogen-bond acceptors (Lipinski definition) is 8.